The van der Waals surface area contributed by atoms with Crippen LogP contribution in [0.3, 0.4) is 0 Å². The molecule has 0 saturated carbocycles. The zero-order valence-electron chi connectivity index (χ0n) is 14.4. The van der Waals surface area contributed by atoms with Gasteiger partial charge in [-0.1, -0.05) is 18.2 Å². The number of hydrogen-bond donors (Lipinski definition) is 1. The zero-order valence-corrected chi connectivity index (χ0v) is 14.4. The SMILES string of the molecule is Cc1cc(-c2ccccc2C(=O)N2CCN(C)CC2)c(C#N)c(=O)[nH]1. The molecule has 25 heavy (non-hydrogen) atoms. The lowest BCUT2D eigenvalue weighted by Gasteiger charge is -2.32. The molecule has 128 valence electrons. The molecule has 6 heteroatoms. The summed E-state index contributed by atoms with van der Waals surface area (Å²) in [5.41, 5.74) is 1.90. The molecule has 1 amide bonds. The first-order chi connectivity index (χ1) is 12.0. The molecule has 2 heterocycles. The molecule has 1 N–H and O–H groups in total. The number of nitriles is 1. The van der Waals surface area contributed by atoms with Crippen LogP contribution in [0.5, 0.6) is 0 Å². The van der Waals surface area contributed by atoms with Crippen LogP contribution >= 0.6 is 0 Å². The van der Waals surface area contributed by atoms with Crippen molar-refractivity contribution in [1.82, 2.24) is 14.8 Å². The van der Waals surface area contributed by atoms with Crippen LogP contribution in [0.15, 0.2) is 35.1 Å². The van der Waals surface area contributed by atoms with Crippen molar-refractivity contribution in [2.24, 2.45) is 0 Å². The summed E-state index contributed by atoms with van der Waals surface area (Å²) in [6, 6.07) is 10.9. The van der Waals surface area contributed by atoms with Crippen LogP contribution in [0.25, 0.3) is 11.1 Å². The van der Waals surface area contributed by atoms with Crippen LogP contribution in [0.4, 0.5) is 0 Å². The molecule has 0 bridgehead atoms. The number of aryl methyl sites for hydroxylation is 1. The molecular weight excluding hydrogens is 316 g/mol. The van der Waals surface area contributed by atoms with Gasteiger partial charge in [-0.25, -0.2) is 0 Å². The number of pyridine rings is 1. The van der Waals surface area contributed by atoms with Gasteiger partial charge in [0.15, 0.2) is 0 Å². The number of carbonyl (C=O) groups excluding carboxylic acids is 1. The summed E-state index contributed by atoms with van der Waals surface area (Å²) in [5, 5.41) is 9.39. The summed E-state index contributed by atoms with van der Waals surface area (Å²) in [7, 11) is 2.04. The maximum Gasteiger partial charge on any atom is 0.266 e. The summed E-state index contributed by atoms with van der Waals surface area (Å²) in [6.45, 7) is 4.77. The van der Waals surface area contributed by atoms with E-state index in [-0.39, 0.29) is 11.5 Å². The zero-order chi connectivity index (χ0) is 18.0. The van der Waals surface area contributed by atoms with Crippen molar-refractivity contribution < 1.29 is 4.79 Å². The van der Waals surface area contributed by atoms with Crippen molar-refractivity contribution in [3.05, 3.63) is 57.5 Å². The van der Waals surface area contributed by atoms with Gasteiger partial charge >= 0.3 is 0 Å². The van der Waals surface area contributed by atoms with E-state index in [0.717, 1.165) is 13.1 Å². The maximum atomic E-state index is 13.0. The molecule has 2 aromatic rings. The fourth-order valence-electron chi connectivity index (χ4n) is 3.10. The molecule has 6 nitrogen and oxygen atoms in total. The second-order valence-electron chi connectivity index (χ2n) is 6.32. The molecule has 0 unspecified atom stereocenters. The number of amides is 1. The summed E-state index contributed by atoms with van der Waals surface area (Å²) < 4.78 is 0. The van der Waals surface area contributed by atoms with Gasteiger partial charge in [-0.3, -0.25) is 9.59 Å². The van der Waals surface area contributed by atoms with Crippen LogP contribution < -0.4 is 5.56 Å². The average Bonchev–Trinajstić information content (AvgIpc) is 2.61. The highest BCUT2D eigenvalue weighted by molar-refractivity contribution is 6.01. The van der Waals surface area contributed by atoms with E-state index in [1.54, 1.807) is 31.2 Å². The number of nitrogens with zero attached hydrogens (tertiary/aromatic N) is 3. The highest BCUT2D eigenvalue weighted by atomic mass is 16.2. The number of rotatable bonds is 2. The fourth-order valence-corrected chi connectivity index (χ4v) is 3.10. The molecule has 1 aromatic carbocycles. The Kier molecular flexibility index (Phi) is 4.68. The highest BCUT2D eigenvalue weighted by Crippen LogP contribution is 2.27. The molecule has 1 aromatic heterocycles. The van der Waals surface area contributed by atoms with Gasteiger partial charge in [0, 0.05) is 43.0 Å². The van der Waals surface area contributed by atoms with E-state index in [2.05, 4.69) is 9.88 Å². The normalized spacial score (nSPS) is 15.0. The Morgan fingerprint density at radius 2 is 1.84 bits per heavy atom. The lowest BCUT2D eigenvalue weighted by Crippen LogP contribution is -2.47. The number of H-pyrrole nitrogens is 1. The van der Waals surface area contributed by atoms with Gasteiger partial charge < -0.3 is 14.8 Å². The van der Waals surface area contributed by atoms with Crippen LogP contribution in [-0.4, -0.2) is 53.9 Å². The van der Waals surface area contributed by atoms with Gasteiger partial charge in [-0.05, 0) is 31.7 Å². The van der Waals surface area contributed by atoms with Crippen molar-refractivity contribution in [2.75, 3.05) is 33.2 Å². The topological polar surface area (TPSA) is 80.2 Å². The number of carbonyl (C=O) groups is 1. The van der Waals surface area contributed by atoms with Gasteiger partial charge in [0.05, 0.1) is 0 Å². The Morgan fingerprint density at radius 3 is 2.52 bits per heavy atom. The van der Waals surface area contributed by atoms with E-state index < -0.39 is 5.56 Å². The number of likely N-dealkylation sites (N-methyl/N-ethyl adjacent to an activating group) is 1. The molecule has 1 fully saturated rings. The average molecular weight is 336 g/mol. The Bertz CT molecular complexity index is 902. The minimum Gasteiger partial charge on any atom is -0.336 e. The van der Waals surface area contributed by atoms with E-state index in [4.69, 9.17) is 0 Å². The molecule has 0 aliphatic carbocycles. The molecule has 1 saturated heterocycles. The van der Waals surface area contributed by atoms with Crippen molar-refractivity contribution in [1.29, 1.82) is 5.26 Å². The van der Waals surface area contributed by atoms with E-state index in [1.807, 2.05) is 24.1 Å². The predicted molar refractivity (Wildman–Crippen MR) is 95.4 cm³/mol. The minimum atomic E-state index is -0.431. The van der Waals surface area contributed by atoms with Crippen LogP contribution in [0.1, 0.15) is 21.6 Å². The van der Waals surface area contributed by atoms with Gasteiger partial charge in [-0.15, -0.1) is 0 Å². The first kappa shape index (κ1) is 16.9. The number of benzene rings is 1. The molecule has 0 spiro atoms. The first-order valence-electron chi connectivity index (χ1n) is 8.22. The van der Waals surface area contributed by atoms with Crippen molar-refractivity contribution >= 4 is 5.91 Å². The van der Waals surface area contributed by atoms with Crippen molar-refractivity contribution in [2.45, 2.75) is 6.92 Å². The van der Waals surface area contributed by atoms with Crippen molar-refractivity contribution in [3.8, 4) is 17.2 Å². The molecule has 3 rings (SSSR count). The molecule has 1 aliphatic heterocycles. The Labute approximate surface area is 146 Å². The summed E-state index contributed by atoms with van der Waals surface area (Å²) in [5.74, 6) is -0.0643. The predicted octanol–water partition coefficient (Wildman–Crippen LogP) is 1.61. The Hall–Kier alpha value is -2.91. The third-order valence-corrected chi connectivity index (χ3v) is 4.52. The Morgan fingerprint density at radius 1 is 1.16 bits per heavy atom. The summed E-state index contributed by atoms with van der Waals surface area (Å²) in [6.07, 6.45) is 0. The maximum absolute atomic E-state index is 13.0. The first-order valence-corrected chi connectivity index (χ1v) is 8.22. The van der Waals surface area contributed by atoms with Gasteiger partial charge in [0.25, 0.3) is 11.5 Å². The number of piperazine rings is 1. The number of aromatic nitrogens is 1. The molecule has 0 atom stereocenters. The summed E-state index contributed by atoms with van der Waals surface area (Å²) in [4.78, 5) is 31.8. The van der Waals surface area contributed by atoms with Crippen LogP contribution in [-0.2, 0) is 0 Å². The van der Waals surface area contributed by atoms with Gasteiger partial charge in [0.1, 0.15) is 11.6 Å². The fraction of sp³-hybridized carbons (Fsp3) is 0.316. The van der Waals surface area contributed by atoms with E-state index >= 15 is 0 Å². The highest BCUT2D eigenvalue weighted by Gasteiger charge is 2.24. The second-order valence-corrected chi connectivity index (χ2v) is 6.32. The lowest BCUT2D eigenvalue weighted by atomic mass is 9.95. The van der Waals surface area contributed by atoms with Crippen LogP contribution in [0, 0.1) is 18.3 Å². The number of nitrogens with one attached hydrogen (secondary N) is 1. The molecular formula is C19H20N4O2. The monoisotopic (exact) mass is 336 g/mol. The summed E-state index contributed by atoms with van der Waals surface area (Å²) >= 11 is 0. The molecule has 0 radical (unpaired) electrons. The largest absolute Gasteiger partial charge is 0.336 e. The lowest BCUT2D eigenvalue weighted by molar-refractivity contribution is 0.0665. The van der Waals surface area contributed by atoms with Gasteiger partial charge in [0.2, 0.25) is 0 Å². The Balaban J connectivity index is 2.08. The standard InChI is InChI=1S/C19H20N4O2/c1-13-11-16(17(12-20)18(24)21-13)14-5-3-4-6-15(14)19(25)23-9-7-22(2)8-10-23/h3-6,11H,7-10H2,1-2H3,(H,21,24). The van der Waals surface area contributed by atoms with Gasteiger partial charge in [-0.2, -0.15) is 5.26 Å². The van der Waals surface area contributed by atoms with E-state index in [9.17, 15) is 14.9 Å². The minimum absolute atomic E-state index is 0.0317. The van der Waals surface area contributed by atoms with E-state index in [1.165, 1.54) is 0 Å². The third kappa shape index (κ3) is 3.32. The number of hydrogen-bond acceptors (Lipinski definition) is 4. The third-order valence-electron chi connectivity index (χ3n) is 4.52. The van der Waals surface area contributed by atoms with E-state index in [0.29, 0.717) is 35.5 Å². The van der Waals surface area contributed by atoms with Crippen LogP contribution in [0.2, 0.25) is 0 Å². The second kappa shape index (κ2) is 6.91. The quantitative estimate of drug-likeness (QED) is 0.903. The smallest absolute Gasteiger partial charge is 0.266 e. The van der Waals surface area contributed by atoms with Crippen molar-refractivity contribution in [3.63, 3.8) is 0 Å². The molecule has 1 aliphatic rings. The number of aromatic amines is 1.